The molecule has 0 saturated heterocycles. The lowest BCUT2D eigenvalue weighted by Gasteiger charge is -2.25. The van der Waals surface area contributed by atoms with Gasteiger partial charge in [-0.1, -0.05) is 71.2 Å². The molecule has 3 rings (SSSR count). The first-order valence-corrected chi connectivity index (χ1v) is 13.7. The number of hydrogen-bond acceptors (Lipinski definition) is 6. The van der Waals surface area contributed by atoms with Crippen LogP contribution in [-0.2, 0) is 24.5 Å². The number of esters is 1. The van der Waals surface area contributed by atoms with Crippen molar-refractivity contribution in [2.75, 3.05) is 12.1 Å². The molecule has 0 radical (unpaired) electrons. The van der Waals surface area contributed by atoms with E-state index in [0.717, 1.165) is 42.6 Å². The Morgan fingerprint density at radius 2 is 1.85 bits per heavy atom. The lowest BCUT2D eigenvalue weighted by atomic mass is 9.84. The fourth-order valence-corrected chi connectivity index (χ4v) is 4.81. The molecule has 1 aliphatic rings. The highest BCUT2D eigenvalue weighted by atomic mass is 16.7. The highest BCUT2D eigenvalue weighted by molar-refractivity contribution is 5.92. The van der Waals surface area contributed by atoms with Crippen molar-refractivity contribution in [2.45, 2.75) is 97.0 Å². The first kappa shape index (κ1) is 30.0. The number of para-hydroxylation sites is 1. The molecule has 0 spiro atoms. The summed E-state index contributed by atoms with van der Waals surface area (Å²) in [5.41, 5.74) is 3.09. The van der Waals surface area contributed by atoms with E-state index in [2.05, 4.69) is 33.0 Å². The molecule has 2 unspecified atom stereocenters. The van der Waals surface area contributed by atoms with Crippen molar-refractivity contribution in [1.82, 2.24) is 0 Å². The molecule has 0 bridgehead atoms. The molecule has 1 amide bonds. The number of benzene rings is 2. The Morgan fingerprint density at radius 1 is 1.08 bits per heavy atom. The monoisotopic (exact) mass is 539 g/mol. The molecule has 1 heterocycles. The number of amides is 1. The molecule has 2 N–H and O–H groups in total. The van der Waals surface area contributed by atoms with E-state index >= 15 is 0 Å². The Kier molecular flexibility index (Phi) is 10.4. The van der Waals surface area contributed by atoms with Gasteiger partial charge in [0.15, 0.2) is 11.5 Å². The minimum absolute atomic E-state index is 0.0245. The molecule has 2 aromatic carbocycles. The van der Waals surface area contributed by atoms with Gasteiger partial charge in [-0.25, -0.2) is 0 Å². The van der Waals surface area contributed by atoms with Crippen LogP contribution >= 0.6 is 0 Å². The zero-order valence-electron chi connectivity index (χ0n) is 23.7. The molecule has 0 aromatic heterocycles. The number of nitrogens with one attached hydrogen (secondary N) is 1. The number of ether oxygens (including phenoxy) is 3. The number of carbonyl (C=O) groups is 3. The van der Waals surface area contributed by atoms with Crippen molar-refractivity contribution in [3.05, 3.63) is 53.1 Å². The van der Waals surface area contributed by atoms with Gasteiger partial charge in [-0.2, -0.15) is 0 Å². The van der Waals surface area contributed by atoms with Crippen LogP contribution in [0, 0.1) is 0 Å². The Bertz CT molecular complexity index is 1170. The Balaban J connectivity index is 1.81. The van der Waals surface area contributed by atoms with Gasteiger partial charge in [-0.3, -0.25) is 14.4 Å². The van der Waals surface area contributed by atoms with E-state index in [9.17, 15) is 14.4 Å². The standard InChI is InChI=1S/C31H41NO7/c1-6-7-8-10-22(23-11-9-12-26-30(23)38-19-37-26)18-27(33)32-25-17-21(13-14-24(25)31(3,4)5)20(2)39-29(36)16-15-28(34)35/h9,11-14,17,20,22H,6-8,10,15-16,18-19H2,1-5H3,(H,32,33)(H,34,35). The Hall–Kier alpha value is -3.55. The van der Waals surface area contributed by atoms with Gasteiger partial charge >= 0.3 is 11.9 Å². The molecule has 2 aromatic rings. The highest BCUT2D eigenvalue weighted by Gasteiger charge is 2.27. The summed E-state index contributed by atoms with van der Waals surface area (Å²) in [5.74, 6) is -0.324. The molecule has 0 saturated carbocycles. The second-order valence-corrected chi connectivity index (χ2v) is 11.1. The number of aliphatic carboxylic acids is 1. The summed E-state index contributed by atoms with van der Waals surface area (Å²) in [5, 5.41) is 12.0. The number of hydrogen-bond donors (Lipinski definition) is 2. The maximum absolute atomic E-state index is 13.5. The lowest BCUT2D eigenvalue weighted by molar-refractivity contribution is -0.151. The van der Waals surface area contributed by atoms with Crippen molar-refractivity contribution >= 4 is 23.5 Å². The minimum atomic E-state index is -1.05. The van der Waals surface area contributed by atoms with Gasteiger partial charge in [-0.05, 0) is 47.9 Å². The van der Waals surface area contributed by atoms with Crippen molar-refractivity contribution in [2.24, 2.45) is 0 Å². The van der Waals surface area contributed by atoms with Crippen LogP contribution in [0.25, 0.3) is 0 Å². The minimum Gasteiger partial charge on any atom is -0.481 e. The van der Waals surface area contributed by atoms with Crippen LogP contribution in [-0.4, -0.2) is 29.7 Å². The topological polar surface area (TPSA) is 111 Å². The molecular formula is C31H41NO7. The van der Waals surface area contributed by atoms with Gasteiger partial charge in [0.05, 0.1) is 12.8 Å². The van der Waals surface area contributed by atoms with Crippen LogP contribution in [0.15, 0.2) is 36.4 Å². The molecule has 8 heteroatoms. The van der Waals surface area contributed by atoms with E-state index in [1.165, 1.54) is 0 Å². The highest BCUT2D eigenvalue weighted by Crippen LogP contribution is 2.42. The SMILES string of the molecule is CCCCCC(CC(=O)Nc1cc(C(C)OC(=O)CCC(=O)O)ccc1C(C)(C)C)c1cccc2c1OCO2. The molecule has 0 aliphatic carbocycles. The Labute approximate surface area is 231 Å². The quantitative estimate of drug-likeness (QED) is 0.211. The number of carboxylic acid groups (broad SMARTS) is 1. The summed E-state index contributed by atoms with van der Waals surface area (Å²) < 4.78 is 16.8. The predicted octanol–water partition coefficient (Wildman–Crippen LogP) is 6.87. The largest absolute Gasteiger partial charge is 0.481 e. The normalized spacial score (nSPS) is 14.0. The maximum atomic E-state index is 13.5. The van der Waals surface area contributed by atoms with Crippen molar-refractivity contribution in [3.8, 4) is 11.5 Å². The van der Waals surface area contributed by atoms with Crippen LogP contribution in [0.5, 0.6) is 11.5 Å². The number of carbonyl (C=O) groups excluding carboxylic acids is 2. The number of rotatable bonds is 13. The van der Waals surface area contributed by atoms with Crippen molar-refractivity contribution < 1.29 is 33.7 Å². The average molecular weight is 540 g/mol. The van der Waals surface area contributed by atoms with Gasteiger partial charge in [0.25, 0.3) is 0 Å². The van der Waals surface area contributed by atoms with Crippen LogP contribution in [0.1, 0.15) is 108 Å². The first-order chi connectivity index (χ1) is 18.5. The zero-order chi connectivity index (χ0) is 28.6. The second-order valence-electron chi connectivity index (χ2n) is 11.1. The predicted molar refractivity (Wildman–Crippen MR) is 149 cm³/mol. The maximum Gasteiger partial charge on any atom is 0.306 e. The average Bonchev–Trinajstić information content (AvgIpc) is 3.35. The molecule has 39 heavy (non-hydrogen) atoms. The summed E-state index contributed by atoms with van der Waals surface area (Å²) in [6, 6.07) is 11.5. The second kappa shape index (κ2) is 13.5. The van der Waals surface area contributed by atoms with Gasteiger partial charge < -0.3 is 24.6 Å². The molecular weight excluding hydrogens is 498 g/mol. The zero-order valence-corrected chi connectivity index (χ0v) is 23.7. The summed E-state index contributed by atoms with van der Waals surface area (Å²) >= 11 is 0. The fraction of sp³-hybridized carbons (Fsp3) is 0.516. The van der Waals surface area contributed by atoms with Gasteiger partial charge in [0, 0.05) is 17.7 Å². The van der Waals surface area contributed by atoms with Gasteiger partial charge in [0.2, 0.25) is 12.7 Å². The van der Waals surface area contributed by atoms with Crippen LogP contribution in [0.4, 0.5) is 5.69 Å². The van der Waals surface area contributed by atoms with E-state index < -0.39 is 18.0 Å². The molecule has 1 aliphatic heterocycles. The van der Waals surface area contributed by atoms with Crippen LogP contribution in [0.3, 0.4) is 0 Å². The van der Waals surface area contributed by atoms with E-state index in [0.29, 0.717) is 17.0 Å². The number of carboxylic acids is 1. The summed E-state index contributed by atoms with van der Waals surface area (Å²) in [7, 11) is 0. The van der Waals surface area contributed by atoms with Gasteiger partial charge in [0.1, 0.15) is 6.10 Å². The summed E-state index contributed by atoms with van der Waals surface area (Å²) in [6.45, 7) is 10.3. The van der Waals surface area contributed by atoms with Crippen molar-refractivity contribution in [3.63, 3.8) is 0 Å². The van der Waals surface area contributed by atoms with E-state index in [1.807, 2.05) is 36.4 Å². The Morgan fingerprint density at radius 3 is 2.54 bits per heavy atom. The molecule has 2 atom stereocenters. The smallest absolute Gasteiger partial charge is 0.306 e. The van der Waals surface area contributed by atoms with Crippen LogP contribution < -0.4 is 14.8 Å². The third kappa shape index (κ3) is 8.47. The van der Waals surface area contributed by atoms with Crippen LogP contribution in [0.2, 0.25) is 0 Å². The van der Waals surface area contributed by atoms with Gasteiger partial charge in [-0.15, -0.1) is 0 Å². The molecule has 0 fully saturated rings. The number of anilines is 1. The third-order valence-electron chi connectivity index (χ3n) is 6.90. The first-order valence-electron chi connectivity index (χ1n) is 13.7. The number of fused-ring (bicyclic) bond motifs is 1. The van der Waals surface area contributed by atoms with E-state index in [1.54, 1.807) is 6.92 Å². The fourth-order valence-electron chi connectivity index (χ4n) is 4.81. The lowest BCUT2D eigenvalue weighted by Crippen LogP contribution is -2.21. The molecule has 212 valence electrons. The third-order valence-corrected chi connectivity index (χ3v) is 6.90. The molecule has 8 nitrogen and oxygen atoms in total. The summed E-state index contributed by atoms with van der Waals surface area (Å²) in [4.78, 5) is 36.4. The van der Waals surface area contributed by atoms with Crippen molar-refractivity contribution in [1.29, 1.82) is 0 Å². The summed E-state index contributed by atoms with van der Waals surface area (Å²) in [6.07, 6.45) is 3.26. The number of unbranched alkanes of at least 4 members (excludes halogenated alkanes) is 2. The van der Waals surface area contributed by atoms with E-state index in [-0.39, 0.29) is 43.3 Å². The van der Waals surface area contributed by atoms with E-state index in [4.69, 9.17) is 19.3 Å².